The third-order valence-electron chi connectivity index (χ3n) is 4.26. The summed E-state index contributed by atoms with van der Waals surface area (Å²) in [6.07, 6.45) is 0. The molecule has 1 aliphatic rings. The van der Waals surface area contributed by atoms with Crippen LogP contribution in [0, 0.1) is 6.92 Å². The van der Waals surface area contributed by atoms with Crippen LogP contribution in [0.4, 0.5) is 5.69 Å². The minimum absolute atomic E-state index is 0.391. The Morgan fingerprint density at radius 3 is 2.62 bits per heavy atom. The van der Waals surface area contributed by atoms with Crippen molar-refractivity contribution in [3.63, 3.8) is 0 Å². The number of piperazine rings is 1. The quantitative estimate of drug-likeness (QED) is 0.873. The van der Waals surface area contributed by atoms with Gasteiger partial charge in [-0.05, 0) is 37.1 Å². The second-order valence-corrected chi connectivity index (χ2v) is 6.66. The average Bonchev–Trinajstić information content (AvgIpc) is 2.51. The smallest absolute Gasteiger partial charge is 0.0499 e. The van der Waals surface area contributed by atoms with Crippen LogP contribution in [0.3, 0.4) is 0 Å². The lowest BCUT2D eigenvalue weighted by atomic mass is 10.0. The number of anilines is 1. The third kappa shape index (κ3) is 3.14. The van der Waals surface area contributed by atoms with Gasteiger partial charge in [-0.3, -0.25) is 0 Å². The molecular formula is C18H21BrN2. The van der Waals surface area contributed by atoms with Gasteiger partial charge in [-0.25, -0.2) is 0 Å². The molecular weight excluding hydrogens is 324 g/mol. The molecule has 1 saturated heterocycles. The largest absolute Gasteiger partial charge is 0.366 e. The van der Waals surface area contributed by atoms with Crippen molar-refractivity contribution < 1.29 is 0 Å². The van der Waals surface area contributed by atoms with E-state index in [0.717, 1.165) is 13.1 Å². The van der Waals surface area contributed by atoms with Crippen LogP contribution in [0.1, 0.15) is 24.1 Å². The molecule has 21 heavy (non-hydrogen) atoms. The van der Waals surface area contributed by atoms with Crippen molar-refractivity contribution in [1.82, 2.24) is 5.32 Å². The molecule has 110 valence electrons. The summed E-state index contributed by atoms with van der Waals surface area (Å²) >= 11 is 3.65. The van der Waals surface area contributed by atoms with E-state index in [0.29, 0.717) is 12.1 Å². The maximum atomic E-state index is 3.66. The molecule has 2 aromatic carbocycles. The van der Waals surface area contributed by atoms with E-state index < -0.39 is 0 Å². The van der Waals surface area contributed by atoms with Gasteiger partial charge in [0.1, 0.15) is 0 Å². The first-order valence-corrected chi connectivity index (χ1v) is 8.25. The van der Waals surface area contributed by atoms with E-state index in [1.54, 1.807) is 0 Å². The van der Waals surface area contributed by atoms with E-state index >= 15 is 0 Å². The fourth-order valence-electron chi connectivity index (χ4n) is 2.89. The zero-order valence-electron chi connectivity index (χ0n) is 12.5. The second-order valence-electron chi connectivity index (χ2n) is 5.81. The lowest BCUT2D eigenvalue weighted by Crippen LogP contribution is -2.51. The number of aryl methyl sites for hydroxylation is 1. The van der Waals surface area contributed by atoms with Gasteiger partial charge < -0.3 is 10.2 Å². The molecule has 1 heterocycles. The summed E-state index contributed by atoms with van der Waals surface area (Å²) in [5.41, 5.74) is 3.93. The highest BCUT2D eigenvalue weighted by molar-refractivity contribution is 9.10. The van der Waals surface area contributed by atoms with Crippen molar-refractivity contribution in [2.45, 2.75) is 25.9 Å². The van der Waals surface area contributed by atoms with E-state index in [1.165, 1.54) is 21.3 Å². The molecule has 0 aliphatic carbocycles. The predicted molar refractivity (Wildman–Crippen MR) is 92.9 cm³/mol. The average molecular weight is 345 g/mol. The Kier molecular flexibility index (Phi) is 4.32. The zero-order chi connectivity index (χ0) is 14.8. The maximum absolute atomic E-state index is 3.66. The number of rotatable bonds is 2. The SMILES string of the molecule is Cc1ccc(N2CC(c3ccccc3)NCC2C)cc1Br. The Labute approximate surface area is 135 Å². The first-order valence-electron chi connectivity index (χ1n) is 7.46. The van der Waals surface area contributed by atoms with Crippen LogP contribution in [-0.2, 0) is 0 Å². The van der Waals surface area contributed by atoms with Crippen molar-refractivity contribution in [1.29, 1.82) is 0 Å². The van der Waals surface area contributed by atoms with Crippen LogP contribution in [0.2, 0.25) is 0 Å². The van der Waals surface area contributed by atoms with Gasteiger partial charge in [0.05, 0.1) is 0 Å². The summed E-state index contributed by atoms with van der Waals surface area (Å²) in [7, 11) is 0. The molecule has 1 fully saturated rings. The molecule has 0 radical (unpaired) electrons. The second kappa shape index (κ2) is 6.20. The number of halogens is 1. The number of nitrogens with one attached hydrogen (secondary N) is 1. The van der Waals surface area contributed by atoms with Crippen molar-refractivity contribution in [2.75, 3.05) is 18.0 Å². The molecule has 1 aliphatic heterocycles. The molecule has 0 spiro atoms. The minimum Gasteiger partial charge on any atom is -0.366 e. The van der Waals surface area contributed by atoms with Crippen LogP contribution in [-0.4, -0.2) is 19.1 Å². The minimum atomic E-state index is 0.391. The fraction of sp³-hybridized carbons (Fsp3) is 0.333. The molecule has 2 nitrogen and oxygen atoms in total. The van der Waals surface area contributed by atoms with Gasteiger partial charge in [-0.15, -0.1) is 0 Å². The highest BCUT2D eigenvalue weighted by Crippen LogP contribution is 2.29. The van der Waals surface area contributed by atoms with Crippen LogP contribution in [0.25, 0.3) is 0 Å². The van der Waals surface area contributed by atoms with Gasteiger partial charge >= 0.3 is 0 Å². The Balaban J connectivity index is 1.85. The summed E-state index contributed by atoms with van der Waals surface area (Å²) < 4.78 is 1.18. The number of benzene rings is 2. The zero-order valence-corrected chi connectivity index (χ0v) is 14.1. The topological polar surface area (TPSA) is 15.3 Å². The summed E-state index contributed by atoms with van der Waals surface area (Å²) in [6, 6.07) is 18.2. The molecule has 0 amide bonds. The molecule has 3 heteroatoms. The van der Waals surface area contributed by atoms with Gasteiger partial charge in [-0.2, -0.15) is 0 Å². The van der Waals surface area contributed by atoms with Crippen molar-refractivity contribution >= 4 is 21.6 Å². The summed E-state index contributed by atoms with van der Waals surface area (Å²) in [6.45, 7) is 6.41. The van der Waals surface area contributed by atoms with Crippen LogP contribution >= 0.6 is 15.9 Å². The molecule has 2 aromatic rings. The predicted octanol–water partition coefficient (Wildman–Crippen LogP) is 4.30. The summed E-state index contributed by atoms with van der Waals surface area (Å²) in [5.74, 6) is 0. The van der Waals surface area contributed by atoms with E-state index in [2.05, 4.69) is 88.5 Å². The summed E-state index contributed by atoms with van der Waals surface area (Å²) in [5, 5.41) is 3.66. The molecule has 3 rings (SSSR count). The lowest BCUT2D eigenvalue weighted by Gasteiger charge is -2.40. The number of nitrogens with zero attached hydrogens (tertiary/aromatic N) is 1. The Bertz CT molecular complexity index is 612. The highest BCUT2D eigenvalue weighted by atomic mass is 79.9. The van der Waals surface area contributed by atoms with E-state index in [4.69, 9.17) is 0 Å². The number of hydrogen-bond donors (Lipinski definition) is 1. The van der Waals surface area contributed by atoms with Crippen LogP contribution in [0.15, 0.2) is 53.0 Å². The molecule has 1 N–H and O–H groups in total. The molecule has 0 saturated carbocycles. The van der Waals surface area contributed by atoms with E-state index in [9.17, 15) is 0 Å². The molecule has 0 bridgehead atoms. The van der Waals surface area contributed by atoms with E-state index in [-0.39, 0.29) is 0 Å². The lowest BCUT2D eigenvalue weighted by molar-refractivity contribution is 0.414. The van der Waals surface area contributed by atoms with Gasteiger partial charge in [0, 0.05) is 35.3 Å². The van der Waals surface area contributed by atoms with Crippen molar-refractivity contribution in [3.05, 3.63) is 64.1 Å². The molecule has 2 atom stereocenters. The van der Waals surface area contributed by atoms with Crippen molar-refractivity contribution in [3.8, 4) is 0 Å². The van der Waals surface area contributed by atoms with Crippen LogP contribution in [0.5, 0.6) is 0 Å². The Morgan fingerprint density at radius 1 is 1.14 bits per heavy atom. The maximum Gasteiger partial charge on any atom is 0.0499 e. The van der Waals surface area contributed by atoms with E-state index in [1.807, 2.05) is 0 Å². The monoisotopic (exact) mass is 344 g/mol. The Hall–Kier alpha value is -1.32. The molecule has 0 aromatic heterocycles. The molecule has 2 unspecified atom stereocenters. The van der Waals surface area contributed by atoms with Crippen molar-refractivity contribution in [2.24, 2.45) is 0 Å². The standard InChI is InChI=1S/C18H21BrN2/c1-13-8-9-16(10-17(13)19)21-12-18(20-11-14(21)2)15-6-4-3-5-7-15/h3-10,14,18,20H,11-12H2,1-2H3. The third-order valence-corrected chi connectivity index (χ3v) is 5.11. The fourth-order valence-corrected chi connectivity index (χ4v) is 3.26. The normalized spacial score (nSPS) is 22.3. The highest BCUT2D eigenvalue weighted by Gasteiger charge is 2.26. The first kappa shape index (κ1) is 14.6. The summed E-state index contributed by atoms with van der Waals surface area (Å²) in [4.78, 5) is 2.50. The first-order chi connectivity index (χ1) is 10.1. The van der Waals surface area contributed by atoms with Crippen LogP contribution < -0.4 is 10.2 Å². The van der Waals surface area contributed by atoms with Gasteiger partial charge in [0.2, 0.25) is 0 Å². The van der Waals surface area contributed by atoms with Gasteiger partial charge in [0.25, 0.3) is 0 Å². The Morgan fingerprint density at radius 2 is 1.90 bits per heavy atom. The number of hydrogen-bond acceptors (Lipinski definition) is 2. The van der Waals surface area contributed by atoms with Gasteiger partial charge in [0.15, 0.2) is 0 Å². The van der Waals surface area contributed by atoms with Gasteiger partial charge in [-0.1, -0.05) is 52.3 Å².